The summed E-state index contributed by atoms with van der Waals surface area (Å²) in [6.07, 6.45) is -14.7. The highest BCUT2D eigenvalue weighted by molar-refractivity contribution is 8.00. The van der Waals surface area contributed by atoms with Gasteiger partial charge in [0, 0.05) is 107 Å². The van der Waals surface area contributed by atoms with Gasteiger partial charge in [-0.05, 0) is 38.5 Å². The van der Waals surface area contributed by atoms with E-state index in [4.69, 9.17) is 28.4 Å². The van der Waals surface area contributed by atoms with Gasteiger partial charge in [-0.15, -0.1) is 0 Å². The first-order valence-electron chi connectivity index (χ1n) is 37.8. The second-order valence-corrected chi connectivity index (χ2v) is 29.4. The van der Waals surface area contributed by atoms with Crippen molar-refractivity contribution in [1.82, 2.24) is 46.6 Å². The molecule has 110 heavy (non-hydrogen) atoms. The van der Waals surface area contributed by atoms with Gasteiger partial charge in [-0.2, -0.15) is 11.8 Å². The van der Waals surface area contributed by atoms with E-state index in [0.717, 1.165) is 87.7 Å². The third kappa shape index (κ3) is 32.8. The molecule has 4 aliphatic heterocycles. The van der Waals surface area contributed by atoms with Crippen LogP contribution in [0.5, 0.6) is 0 Å². The molecular formula is C71H125N9O29S. The first kappa shape index (κ1) is 98.1. The number of carbonyl (C=O) groups excluding carboxylic acids is 9. The van der Waals surface area contributed by atoms with Gasteiger partial charge in [0.25, 0.3) is 11.8 Å². The van der Waals surface area contributed by atoms with Gasteiger partial charge in [-0.25, -0.2) is 9.59 Å². The highest BCUT2D eigenvalue weighted by Crippen LogP contribution is 2.34. The number of carbonyl (C=O) groups is 9. The molecule has 39 heteroatoms. The Hall–Kier alpha value is -6.06. The molecule has 0 radical (unpaired) electrons. The fraction of sp³-hybridized carbons (Fsp3) is 0.817. The molecule has 0 spiro atoms. The number of thioether (sulfide) groups is 1. The summed E-state index contributed by atoms with van der Waals surface area (Å²) in [6, 6.07) is 0.0647. The van der Waals surface area contributed by atoms with Gasteiger partial charge in [0.05, 0.1) is 50.7 Å². The quantitative estimate of drug-likeness (QED) is 0.0117. The van der Waals surface area contributed by atoms with Crippen LogP contribution in [0.25, 0.3) is 0 Å². The number of ether oxygens (including phenoxy) is 6. The smallest absolute Gasteiger partial charge is 0.409 e. The van der Waals surface area contributed by atoms with Crippen LogP contribution in [-0.2, 0) is 62.0 Å². The van der Waals surface area contributed by atoms with Crippen LogP contribution in [0, 0.1) is 11.8 Å². The maximum atomic E-state index is 13.5. The van der Waals surface area contributed by atoms with Crippen molar-refractivity contribution < 1.29 is 143 Å². The van der Waals surface area contributed by atoms with E-state index < -0.39 is 197 Å². The average molecular weight is 1600 g/mol. The number of nitrogens with zero attached hydrogens (tertiary/aromatic N) is 3. The number of urea groups is 1. The molecule has 21 atom stereocenters. The number of nitrogens with one attached hydrogen (secondary N) is 6. The van der Waals surface area contributed by atoms with Crippen LogP contribution in [0.2, 0.25) is 0 Å². The van der Waals surface area contributed by atoms with Crippen LogP contribution >= 0.6 is 11.8 Å². The minimum absolute atomic E-state index is 0.00249. The molecule has 20 N–H and O–H groups in total. The lowest BCUT2D eigenvalue weighted by Crippen LogP contribution is -2.61. The summed E-state index contributed by atoms with van der Waals surface area (Å²) in [5.74, 6) is -5.97. The number of unbranched alkanes of at least 4 members (excludes halogenated alkanes) is 9. The maximum absolute atomic E-state index is 13.5. The third-order valence-electron chi connectivity index (χ3n) is 19.2. The van der Waals surface area contributed by atoms with E-state index in [1.807, 2.05) is 0 Å². The molecule has 9 amide bonds. The largest absolute Gasteiger partial charge is 0.456 e. The molecule has 4 rings (SSSR count). The minimum atomic E-state index is -1.86. The van der Waals surface area contributed by atoms with E-state index in [1.54, 1.807) is 11.8 Å². The minimum Gasteiger partial charge on any atom is -0.456 e. The van der Waals surface area contributed by atoms with Crippen LogP contribution in [0.3, 0.4) is 0 Å². The van der Waals surface area contributed by atoms with E-state index in [0.29, 0.717) is 30.4 Å². The zero-order valence-electron chi connectivity index (χ0n) is 64.1. The number of hydrogen-bond acceptors (Lipinski definition) is 30. The zero-order valence-corrected chi connectivity index (χ0v) is 64.9. The molecule has 12 unspecified atom stereocenters. The molecule has 634 valence electrons. The Morgan fingerprint density at radius 2 is 0.945 bits per heavy atom. The lowest BCUT2D eigenvalue weighted by Gasteiger charge is -2.42. The second-order valence-electron chi connectivity index (χ2n) is 28.1. The Morgan fingerprint density at radius 1 is 0.545 bits per heavy atom. The molecule has 0 aromatic carbocycles. The average Bonchev–Trinajstić information content (AvgIpc) is 1.39. The van der Waals surface area contributed by atoms with E-state index in [-0.39, 0.29) is 82.1 Å². The first-order chi connectivity index (χ1) is 52.2. The number of hydrogen-bond donors (Lipinski definition) is 20. The van der Waals surface area contributed by atoms with Crippen molar-refractivity contribution in [2.24, 2.45) is 11.8 Å². The van der Waals surface area contributed by atoms with Crippen LogP contribution in [0.15, 0.2) is 24.3 Å². The Labute approximate surface area is 646 Å². The number of esters is 1. The van der Waals surface area contributed by atoms with Gasteiger partial charge in [0.15, 0.2) is 25.8 Å². The predicted molar refractivity (Wildman–Crippen MR) is 394 cm³/mol. The summed E-state index contributed by atoms with van der Waals surface area (Å²) >= 11 is 1.79. The molecule has 0 saturated carbocycles. The summed E-state index contributed by atoms with van der Waals surface area (Å²) < 4.78 is 31.8. The van der Waals surface area contributed by atoms with Crippen molar-refractivity contribution in [2.75, 3.05) is 112 Å². The van der Waals surface area contributed by atoms with E-state index in [1.165, 1.54) is 37.7 Å². The van der Waals surface area contributed by atoms with Crippen LogP contribution in [0.1, 0.15) is 130 Å². The van der Waals surface area contributed by atoms with E-state index in [9.17, 15) is 115 Å². The number of rotatable bonds is 51. The number of aliphatic hydroxyl groups excluding tert-OH is 14. The normalized spacial score (nSPS) is 25.0. The number of amides is 9. The van der Waals surface area contributed by atoms with Gasteiger partial charge >= 0.3 is 18.1 Å². The van der Waals surface area contributed by atoms with Gasteiger partial charge in [0.2, 0.25) is 23.6 Å². The Bertz CT molecular complexity index is 2820. The molecule has 0 aromatic rings. The first-order valence-corrected chi connectivity index (χ1v) is 38.9. The van der Waals surface area contributed by atoms with E-state index >= 15 is 0 Å². The molecule has 0 bridgehead atoms. The molecule has 38 nitrogen and oxygen atoms in total. The summed E-state index contributed by atoms with van der Waals surface area (Å²) in [5.41, 5.74) is 0.688. The maximum Gasteiger partial charge on any atom is 0.409 e. The summed E-state index contributed by atoms with van der Waals surface area (Å²) in [5, 5.41) is 158. The summed E-state index contributed by atoms with van der Waals surface area (Å²) in [4.78, 5) is 117. The Balaban J connectivity index is 0.000000581. The lowest BCUT2D eigenvalue weighted by atomic mass is 9.92. The highest BCUT2D eigenvalue weighted by atomic mass is 32.2. The summed E-state index contributed by atoms with van der Waals surface area (Å²) in [7, 11) is 2.93. The van der Waals surface area contributed by atoms with Crippen LogP contribution in [0.4, 0.5) is 9.59 Å². The monoisotopic (exact) mass is 1600 g/mol. The van der Waals surface area contributed by atoms with Crippen molar-refractivity contribution >= 4 is 65.3 Å². The zero-order chi connectivity index (χ0) is 82.3. The molecule has 4 saturated heterocycles. The topological polar surface area (TPSA) is 574 Å². The van der Waals surface area contributed by atoms with Crippen LogP contribution in [-0.4, -0.2) is 367 Å². The lowest BCUT2D eigenvalue weighted by molar-refractivity contribution is -0.323. The highest BCUT2D eigenvalue weighted by Gasteiger charge is 2.49. The van der Waals surface area contributed by atoms with Crippen molar-refractivity contribution in [3.8, 4) is 0 Å². The van der Waals surface area contributed by atoms with E-state index in [2.05, 4.69) is 58.9 Å². The number of aliphatic hydroxyl groups is 14. The third-order valence-corrected chi connectivity index (χ3v) is 20.7. The van der Waals surface area contributed by atoms with Crippen molar-refractivity contribution in [3.63, 3.8) is 0 Å². The second kappa shape index (κ2) is 52.4. The molecule has 0 aliphatic carbocycles. The van der Waals surface area contributed by atoms with Crippen LogP contribution < -0.4 is 31.9 Å². The summed E-state index contributed by atoms with van der Waals surface area (Å²) in [6.45, 7) is 10.0. The van der Waals surface area contributed by atoms with Crippen molar-refractivity contribution in [2.45, 2.75) is 246 Å². The van der Waals surface area contributed by atoms with Gasteiger partial charge in [0.1, 0.15) is 73.2 Å². The SMILES string of the molecule is C=C(CCCCCCC)C(=O)N(CCNC(=O)COC(=O)CCCC[C@H]1SC[C@H]2NC(=O)N[C@H]21)CCNC(=O)C(O)C(C)C(O[C@@H]1OC(CO)[C@H](O)[C@H](O)C1O)C(O)CO.C=C(CCCCCCC)C(=O)N(CCNC(=O)COC(=O)N(C)C)CCNC(=O)C(O)C(C)C(O[C@@H]1OC(CO)[C@H](O)[C@H](O)C1O)C(O)CO. The number of fused-ring (bicyclic) bond motifs is 1. The van der Waals surface area contributed by atoms with Gasteiger partial charge in [-0.3, -0.25) is 33.6 Å². The predicted octanol–water partition coefficient (Wildman–Crippen LogP) is -5.03. The molecular weight excluding hydrogens is 1470 g/mol. The Morgan fingerprint density at radius 3 is 1.35 bits per heavy atom. The molecule has 4 fully saturated rings. The van der Waals surface area contributed by atoms with Crippen molar-refractivity contribution in [3.05, 3.63) is 24.3 Å². The molecule has 4 heterocycles. The van der Waals surface area contributed by atoms with Crippen molar-refractivity contribution in [1.29, 1.82) is 0 Å². The molecule has 4 aliphatic rings. The Kier molecular flexibility index (Phi) is 46.7. The standard InChI is InChI=1S/C39H67N5O15S.C32H58N4O14/c1-4-5-6-7-8-11-22(2)37(55)44(16-14-40-28(48)20-57-29(49)13-10-9-12-27-30-24(21-60-27)42-39(56)43-30)17-15-41-36(54)31(50)23(3)35(25(47)18-45)59-38-34(53)33(52)32(51)26(19-46)58-38;1-6-7-8-9-10-11-19(2)30(46)36(14-12-33-23(40)18-48-32(47)35(4)5)15-13-34-29(45)24(41)20(3)28(21(39)16-37)50-31-27(44)26(43)25(42)22(17-38)49-31/h23-27,30-35,38,45-47,50-53H,2,4-21H2,1,3H3,(H,40,48)(H,41,54)(H2,42,43,56);20-22,24-28,31,37-39,41-44H,2,6-18H2,1,3-5H3,(H,33,40)(H,34,45)/t23?,24-,25?,26?,27-,30-,31?,32+,33+,34?,35?,38+;20?,21?,22?,24?,25-,26-,27?,28?,31-/m10/s1. The van der Waals surface area contributed by atoms with Gasteiger partial charge < -0.3 is 147 Å². The fourth-order valence-corrected chi connectivity index (χ4v) is 13.9. The fourth-order valence-electron chi connectivity index (χ4n) is 12.4. The molecule has 0 aromatic heterocycles. The van der Waals surface area contributed by atoms with Gasteiger partial charge in [-0.1, -0.05) is 98.6 Å².